The van der Waals surface area contributed by atoms with Crippen LogP contribution in [0.5, 0.6) is 0 Å². The molecule has 2 aliphatic rings. The van der Waals surface area contributed by atoms with Crippen molar-refractivity contribution in [1.82, 2.24) is 10.6 Å². The predicted octanol–water partition coefficient (Wildman–Crippen LogP) is 1.19. The van der Waals surface area contributed by atoms with Gasteiger partial charge in [-0.2, -0.15) is 0 Å². The van der Waals surface area contributed by atoms with Crippen LogP contribution >= 0.6 is 11.6 Å². The molecule has 0 saturated carbocycles. The second-order valence-electron chi connectivity index (χ2n) is 6.45. The summed E-state index contributed by atoms with van der Waals surface area (Å²) in [6, 6.07) is 6.27. The number of rotatable bonds is 4. The standard InChI is InChI=1S/C18H22ClN3O3/c1-25-17(23)15-14(11-22-9-3-2-4-10-22)20-18(24)21-16(15)12-5-7-13(19)8-6-12/h5-8,16H,2-4,9-11H2,1H3,(H2,20,21,24)/p+1/t16-/m1/s1. The van der Waals surface area contributed by atoms with Crippen LogP contribution in [0.3, 0.4) is 0 Å². The number of quaternary nitrogens is 1. The monoisotopic (exact) mass is 364 g/mol. The number of hydrogen-bond acceptors (Lipinski definition) is 3. The number of carbonyl (C=O) groups excluding carboxylic acids is 2. The van der Waals surface area contributed by atoms with Gasteiger partial charge >= 0.3 is 12.0 Å². The van der Waals surface area contributed by atoms with Crippen molar-refractivity contribution >= 4 is 23.6 Å². The number of hydrogen-bond donors (Lipinski definition) is 3. The summed E-state index contributed by atoms with van der Waals surface area (Å²) in [7, 11) is 1.36. The molecular weight excluding hydrogens is 342 g/mol. The third-order valence-electron chi connectivity index (χ3n) is 4.75. The van der Waals surface area contributed by atoms with Crippen LogP contribution in [0.1, 0.15) is 30.9 Å². The molecule has 1 saturated heterocycles. The number of methoxy groups -OCH3 is 1. The van der Waals surface area contributed by atoms with Gasteiger partial charge in [0, 0.05) is 5.02 Å². The summed E-state index contributed by atoms with van der Waals surface area (Å²) in [6.45, 7) is 2.71. The topological polar surface area (TPSA) is 71.9 Å². The van der Waals surface area contributed by atoms with Crippen LogP contribution in [-0.4, -0.2) is 38.7 Å². The van der Waals surface area contributed by atoms with Crippen LogP contribution in [0.15, 0.2) is 35.5 Å². The number of likely N-dealkylation sites (tertiary alicyclic amines) is 1. The first-order valence-corrected chi connectivity index (χ1v) is 8.94. The lowest BCUT2D eigenvalue weighted by molar-refractivity contribution is -0.900. The highest BCUT2D eigenvalue weighted by Gasteiger charge is 2.35. The van der Waals surface area contributed by atoms with Gasteiger partial charge in [0.1, 0.15) is 6.54 Å². The number of amides is 2. The molecule has 3 rings (SSSR count). The van der Waals surface area contributed by atoms with Crippen molar-refractivity contribution in [1.29, 1.82) is 0 Å². The summed E-state index contributed by atoms with van der Waals surface area (Å²) in [4.78, 5) is 26.0. The Balaban J connectivity index is 1.96. The van der Waals surface area contributed by atoms with E-state index in [9.17, 15) is 9.59 Å². The Hall–Kier alpha value is -2.05. The molecule has 0 spiro atoms. The molecule has 0 radical (unpaired) electrons. The van der Waals surface area contributed by atoms with E-state index in [2.05, 4.69) is 10.6 Å². The minimum absolute atomic E-state index is 0.306. The zero-order valence-electron chi connectivity index (χ0n) is 14.2. The molecule has 3 N–H and O–H groups in total. The lowest BCUT2D eigenvalue weighted by Crippen LogP contribution is -3.13. The summed E-state index contributed by atoms with van der Waals surface area (Å²) in [5.74, 6) is -0.432. The molecular formula is C18H23ClN3O3+. The SMILES string of the molecule is COC(=O)C1=C(C[NH+]2CCCCC2)NC(=O)N[C@@H]1c1ccc(Cl)cc1. The fourth-order valence-corrected chi connectivity index (χ4v) is 3.62. The maximum absolute atomic E-state index is 12.5. The first kappa shape index (κ1) is 17.8. The average Bonchev–Trinajstić information content (AvgIpc) is 2.62. The Morgan fingerprint density at radius 2 is 1.92 bits per heavy atom. The summed E-state index contributed by atoms with van der Waals surface area (Å²) >= 11 is 5.96. The van der Waals surface area contributed by atoms with Crippen molar-refractivity contribution in [3.05, 3.63) is 46.1 Å². The molecule has 1 atom stereocenters. The lowest BCUT2D eigenvalue weighted by atomic mass is 9.95. The highest BCUT2D eigenvalue weighted by molar-refractivity contribution is 6.30. The van der Waals surface area contributed by atoms with Crippen LogP contribution in [0.4, 0.5) is 4.79 Å². The number of halogens is 1. The van der Waals surface area contributed by atoms with Gasteiger partial charge in [0.2, 0.25) is 0 Å². The Morgan fingerprint density at radius 3 is 2.56 bits per heavy atom. The first-order valence-electron chi connectivity index (χ1n) is 8.56. The molecule has 0 aliphatic carbocycles. The number of benzene rings is 1. The van der Waals surface area contributed by atoms with Gasteiger partial charge in [-0.3, -0.25) is 0 Å². The quantitative estimate of drug-likeness (QED) is 0.703. The van der Waals surface area contributed by atoms with Crippen molar-refractivity contribution in [3.63, 3.8) is 0 Å². The number of esters is 1. The van der Waals surface area contributed by atoms with E-state index in [4.69, 9.17) is 16.3 Å². The summed E-state index contributed by atoms with van der Waals surface area (Å²) in [5, 5.41) is 6.25. The largest absolute Gasteiger partial charge is 0.466 e. The van der Waals surface area contributed by atoms with Gasteiger partial charge in [-0.05, 0) is 37.0 Å². The van der Waals surface area contributed by atoms with Crippen LogP contribution in [0, 0.1) is 0 Å². The van der Waals surface area contributed by atoms with Crippen molar-refractivity contribution in [2.45, 2.75) is 25.3 Å². The van der Waals surface area contributed by atoms with Crippen molar-refractivity contribution in [3.8, 4) is 0 Å². The number of carbonyl (C=O) groups is 2. The highest BCUT2D eigenvalue weighted by Crippen LogP contribution is 2.28. The molecule has 7 heteroatoms. The van der Waals surface area contributed by atoms with Gasteiger partial charge in [0.25, 0.3) is 0 Å². The molecule has 25 heavy (non-hydrogen) atoms. The average molecular weight is 365 g/mol. The third-order valence-corrected chi connectivity index (χ3v) is 5.00. The second kappa shape index (κ2) is 7.89. The molecule has 0 bridgehead atoms. The summed E-state index contributed by atoms with van der Waals surface area (Å²) < 4.78 is 5.00. The van der Waals surface area contributed by atoms with Crippen molar-refractivity contribution in [2.24, 2.45) is 0 Å². The molecule has 1 fully saturated rings. The van der Waals surface area contributed by atoms with E-state index in [0.29, 0.717) is 22.8 Å². The molecule has 2 heterocycles. The molecule has 134 valence electrons. The van der Waals surface area contributed by atoms with Crippen LogP contribution in [0.2, 0.25) is 5.02 Å². The molecule has 1 aromatic carbocycles. The molecule has 6 nitrogen and oxygen atoms in total. The summed E-state index contributed by atoms with van der Waals surface area (Å²) in [6.07, 6.45) is 3.58. The number of ether oxygens (including phenoxy) is 1. The van der Waals surface area contributed by atoms with Gasteiger partial charge < -0.3 is 20.3 Å². The maximum atomic E-state index is 12.5. The van der Waals surface area contributed by atoms with Crippen LogP contribution < -0.4 is 15.5 Å². The molecule has 2 aliphatic heterocycles. The molecule has 0 aromatic heterocycles. The van der Waals surface area contributed by atoms with Crippen molar-refractivity contribution < 1.29 is 19.2 Å². The van der Waals surface area contributed by atoms with Gasteiger partial charge in [0.15, 0.2) is 0 Å². The highest BCUT2D eigenvalue weighted by atomic mass is 35.5. The maximum Gasteiger partial charge on any atom is 0.338 e. The van der Waals surface area contributed by atoms with E-state index < -0.39 is 12.0 Å². The lowest BCUT2D eigenvalue weighted by Gasteiger charge is -2.31. The Labute approximate surface area is 152 Å². The Morgan fingerprint density at radius 1 is 1.24 bits per heavy atom. The minimum atomic E-state index is -0.544. The number of urea groups is 1. The summed E-state index contributed by atoms with van der Waals surface area (Å²) in [5.41, 5.74) is 1.90. The van der Waals surface area contributed by atoms with E-state index in [1.165, 1.54) is 31.3 Å². The van der Waals surface area contributed by atoms with Crippen LogP contribution in [0.25, 0.3) is 0 Å². The first-order chi connectivity index (χ1) is 12.1. The van der Waals surface area contributed by atoms with Gasteiger partial charge in [-0.15, -0.1) is 0 Å². The van der Waals surface area contributed by atoms with Gasteiger partial charge in [-0.1, -0.05) is 23.7 Å². The molecule has 0 unspecified atom stereocenters. The number of nitrogens with one attached hydrogen (secondary N) is 3. The zero-order valence-corrected chi connectivity index (χ0v) is 15.0. The third kappa shape index (κ3) is 4.14. The molecule has 1 aromatic rings. The van der Waals surface area contributed by atoms with E-state index in [1.54, 1.807) is 12.1 Å². The van der Waals surface area contributed by atoms with E-state index in [-0.39, 0.29) is 6.03 Å². The van der Waals surface area contributed by atoms with Gasteiger partial charge in [-0.25, -0.2) is 9.59 Å². The zero-order chi connectivity index (χ0) is 17.8. The van der Waals surface area contributed by atoms with Crippen molar-refractivity contribution in [2.75, 3.05) is 26.7 Å². The molecule has 2 amide bonds. The fourth-order valence-electron chi connectivity index (χ4n) is 3.49. The Kier molecular flexibility index (Phi) is 5.60. The van der Waals surface area contributed by atoms with Crippen LogP contribution in [-0.2, 0) is 9.53 Å². The Bertz CT molecular complexity index is 681. The number of piperidine rings is 1. The predicted molar refractivity (Wildman–Crippen MR) is 94.3 cm³/mol. The second-order valence-corrected chi connectivity index (χ2v) is 6.89. The van der Waals surface area contributed by atoms with E-state index in [1.807, 2.05) is 12.1 Å². The normalized spacial score (nSPS) is 21.5. The van der Waals surface area contributed by atoms with E-state index >= 15 is 0 Å². The minimum Gasteiger partial charge on any atom is -0.466 e. The fraction of sp³-hybridized carbons (Fsp3) is 0.444. The smallest absolute Gasteiger partial charge is 0.338 e. The van der Waals surface area contributed by atoms with Gasteiger partial charge in [0.05, 0.1) is 37.5 Å². The van der Waals surface area contributed by atoms with E-state index in [0.717, 1.165) is 18.7 Å².